The van der Waals surface area contributed by atoms with E-state index in [0.29, 0.717) is 24.4 Å². The first-order chi connectivity index (χ1) is 14.9. The zero-order chi connectivity index (χ0) is 22.1. The molecule has 7 heteroatoms. The lowest BCUT2D eigenvalue weighted by Crippen LogP contribution is -2.28. The van der Waals surface area contributed by atoms with Crippen LogP contribution in [0.15, 0.2) is 84.3 Å². The maximum Gasteiger partial charge on any atom is 0.255 e. The number of rotatable bonds is 9. The lowest BCUT2D eigenvalue weighted by molar-refractivity contribution is 0.0947. The summed E-state index contributed by atoms with van der Waals surface area (Å²) in [6.45, 7) is 2.70. The zero-order valence-electron chi connectivity index (χ0n) is 17.1. The molecule has 0 bridgehead atoms. The van der Waals surface area contributed by atoms with Crippen LogP contribution in [0.4, 0.5) is 5.69 Å². The predicted molar refractivity (Wildman–Crippen MR) is 123 cm³/mol. The second-order valence-corrected chi connectivity index (χ2v) is 8.42. The van der Waals surface area contributed by atoms with Crippen LogP contribution in [0.3, 0.4) is 0 Å². The normalized spacial score (nSPS) is 11.3. The first kappa shape index (κ1) is 22.1. The van der Waals surface area contributed by atoms with E-state index in [1.165, 1.54) is 6.08 Å². The zero-order valence-corrected chi connectivity index (χ0v) is 17.9. The molecule has 3 aromatic rings. The van der Waals surface area contributed by atoms with Crippen molar-refractivity contribution in [3.05, 3.63) is 101 Å². The van der Waals surface area contributed by atoms with E-state index >= 15 is 0 Å². The van der Waals surface area contributed by atoms with Crippen molar-refractivity contribution in [2.24, 2.45) is 0 Å². The fourth-order valence-electron chi connectivity index (χ4n) is 2.69. The van der Waals surface area contributed by atoms with Gasteiger partial charge in [-0.3, -0.25) is 9.52 Å². The standard InChI is InChI=1S/C24H24N2O4S/c1-19-7-13-23(14-8-19)30-17-16-25-24(27)21-9-11-22(12-10-21)26-31(28,29)18-15-20-5-3-2-4-6-20/h2-15,18,26H,16-17H2,1H3,(H,25,27)/b18-15+. The van der Waals surface area contributed by atoms with Crippen LogP contribution in [0, 0.1) is 6.92 Å². The lowest BCUT2D eigenvalue weighted by atomic mass is 10.2. The van der Waals surface area contributed by atoms with Crippen LogP contribution in [0.2, 0.25) is 0 Å². The van der Waals surface area contributed by atoms with E-state index in [2.05, 4.69) is 10.0 Å². The lowest BCUT2D eigenvalue weighted by Gasteiger charge is -2.09. The van der Waals surface area contributed by atoms with E-state index in [-0.39, 0.29) is 5.91 Å². The van der Waals surface area contributed by atoms with Crippen LogP contribution in [0.25, 0.3) is 6.08 Å². The molecule has 0 atom stereocenters. The van der Waals surface area contributed by atoms with Crippen LogP contribution in [-0.4, -0.2) is 27.5 Å². The third kappa shape index (κ3) is 7.31. The largest absolute Gasteiger partial charge is 0.492 e. The molecule has 2 N–H and O–H groups in total. The van der Waals surface area contributed by atoms with Gasteiger partial charge >= 0.3 is 0 Å². The minimum absolute atomic E-state index is 0.258. The average molecular weight is 437 g/mol. The monoisotopic (exact) mass is 436 g/mol. The first-order valence-corrected chi connectivity index (χ1v) is 11.3. The summed E-state index contributed by atoms with van der Waals surface area (Å²) >= 11 is 0. The third-order valence-corrected chi connectivity index (χ3v) is 5.34. The summed E-state index contributed by atoms with van der Waals surface area (Å²) in [6, 6.07) is 23.0. The molecule has 3 rings (SSSR count). The third-order valence-electron chi connectivity index (χ3n) is 4.32. The number of ether oxygens (including phenoxy) is 1. The number of amides is 1. The molecule has 6 nitrogen and oxygen atoms in total. The molecule has 3 aromatic carbocycles. The summed E-state index contributed by atoms with van der Waals surface area (Å²) in [5, 5.41) is 3.88. The highest BCUT2D eigenvalue weighted by atomic mass is 32.2. The number of sulfonamides is 1. The summed E-state index contributed by atoms with van der Waals surface area (Å²) in [6.07, 6.45) is 1.52. The van der Waals surface area contributed by atoms with E-state index in [1.54, 1.807) is 24.3 Å². The summed E-state index contributed by atoms with van der Waals surface area (Å²) < 4.78 is 32.5. The van der Waals surface area contributed by atoms with Crippen molar-refractivity contribution >= 4 is 27.7 Å². The molecule has 0 spiro atoms. The number of hydrogen-bond donors (Lipinski definition) is 2. The number of hydrogen-bond acceptors (Lipinski definition) is 4. The van der Waals surface area contributed by atoms with Crippen molar-refractivity contribution in [2.75, 3.05) is 17.9 Å². The topological polar surface area (TPSA) is 84.5 Å². The first-order valence-electron chi connectivity index (χ1n) is 9.75. The maximum atomic E-state index is 12.2. The van der Waals surface area contributed by atoms with Crippen LogP contribution in [0.1, 0.15) is 21.5 Å². The van der Waals surface area contributed by atoms with Crippen molar-refractivity contribution in [1.29, 1.82) is 0 Å². The van der Waals surface area contributed by atoms with Crippen molar-refractivity contribution in [1.82, 2.24) is 5.32 Å². The number of aryl methyl sites for hydroxylation is 1. The molecular formula is C24H24N2O4S. The van der Waals surface area contributed by atoms with E-state index in [9.17, 15) is 13.2 Å². The minimum Gasteiger partial charge on any atom is -0.492 e. The van der Waals surface area contributed by atoms with Gasteiger partial charge in [0.2, 0.25) is 0 Å². The van der Waals surface area contributed by atoms with Gasteiger partial charge < -0.3 is 10.1 Å². The molecule has 0 aliphatic heterocycles. The van der Waals surface area contributed by atoms with Crippen molar-refractivity contribution in [3.63, 3.8) is 0 Å². The highest BCUT2D eigenvalue weighted by molar-refractivity contribution is 7.95. The molecule has 0 saturated heterocycles. The Labute approximate surface area is 182 Å². The van der Waals surface area contributed by atoms with E-state index in [0.717, 1.165) is 22.3 Å². The smallest absolute Gasteiger partial charge is 0.255 e. The summed E-state index contributed by atoms with van der Waals surface area (Å²) in [5.74, 6) is 0.490. The minimum atomic E-state index is -3.66. The Morgan fingerprint density at radius 1 is 0.935 bits per heavy atom. The number of nitrogens with one attached hydrogen (secondary N) is 2. The fourth-order valence-corrected chi connectivity index (χ4v) is 3.56. The predicted octanol–water partition coefficient (Wildman–Crippen LogP) is 4.22. The summed E-state index contributed by atoms with van der Waals surface area (Å²) in [7, 11) is -3.66. The molecule has 31 heavy (non-hydrogen) atoms. The maximum absolute atomic E-state index is 12.2. The quantitative estimate of drug-likeness (QED) is 0.492. The number of carbonyl (C=O) groups is 1. The number of carbonyl (C=O) groups excluding carboxylic acids is 1. The van der Waals surface area contributed by atoms with Gasteiger partial charge in [-0.2, -0.15) is 0 Å². The molecule has 0 unspecified atom stereocenters. The molecular weight excluding hydrogens is 412 g/mol. The van der Waals surface area contributed by atoms with Crippen molar-refractivity contribution in [3.8, 4) is 5.75 Å². The van der Waals surface area contributed by atoms with Gasteiger partial charge in [-0.05, 0) is 55.0 Å². The van der Waals surface area contributed by atoms with Crippen LogP contribution in [-0.2, 0) is 10.0 Å². The average Bonchev–Trinajstić information content (AvgIpc) is 2.77. The fraction of sp³-hybridized carbons (Fsp3) is 0.125. The molecule has 160 valence electrons. The Hall–Kier alpha value is -3.58. The van der Waals surface area contributed by atoms with Crippen LogP contribution >= 0.6 is 0 Å². The molecule has 0 heterocycles. The summed E-state index contributed by atoms with van der Waals surface area (Å²) in [4.78, 5) is 12.2. The molecule has 0 aromatic heterocycles. The molecule has 0 fully saturated rings. The van der Waals surface area contributed by atoms with Gasteiger partial charge in [0.1, 0.15) is 12.4 Å². The SMILES string of the molecule is Cc1ccc(OCCNC(=O)c2ccc(NS(=O)(=O)/C=C/c3ccccc3)cc2)cc1. The van der Waals surface area contributed by atoms with Crippen LogP contribution in [0.5, 0.6) is 5.75 Å². The van der Waals surface area contributed by atoms with Gasteiger partial charge in [0.05, 0.1) is 12.0 Å². The van der Waals surface area contributed by atoms with Crippen molar-refractivity contribution < 1.29 is 17.9 Å². The van der Waals surface area contributed by atoms with Crippen molar-refractivity contribution in [2.45, 2.75) is 6.92 Å². The Balaban J connectivity index is 1.48. The Morgan fingerprint density at radius 2 is 1.61 bits per heavy atom. The van der Waals surface area contributed by atoms with Crippen LogP contribution < -0.4 is 14.8 Å². The Bertz CT molecular complexity index is 1120. The number of anilines is 1. The van der Waals surface area contributed by atoms with Gasteiger partial charge in [-0.25, -0.2) is 8.42 Å². The van der Waals surface area contributed by atoms with Gasteiger partial charge in [-0.15, -0.1) is 0 Å². The van der Waals surface area contributed by atoms with Gasteiger partial charge in [0.25, 0.3) is 15.9 Å². The van der Waals surface area contributed by atoms with E-state index in [4.69, 9.17) is 4.74 Å². The van der Waals surface area contributed by atoms with Gasteiger partial charge in [0.15, 0.2) is 0 Å². The van der Waals surface area contributed by atoms with E-state index < -0.39 is 10.0 Å². The van der Waals surface area contributed by atoms with E-state index in [1.807, 2.05) is 61.5 Å². The van der Waals surface area contributed by atoms with Gasteiger partial charge in [-0.1, -0.05) is 48.0 Å². The summed E-state index contributed by atoms with van der Waals surface area (Å²) in [5.41, 5.74) is 2.74. The number of benzene rings is 3. The Kier molecular flexibility index (Phi) is 7.45. The van der Waals surface area contributed by atoms with Gasteiger partial charge in [0, 0.05) is 11.3 Å². The molecule has 0 aliphatic carbocycles. The molecule has 1 amide bonds. The molecule has 0 saturated carbocycles. The molecule has 0 aliphatic rings. The molecule has 0 radical (unpaired) electrons. The Morgan fingerprint density at radius 3 is 2.29 bits per heavy atom. The highest BCUT2D eigenvalue weighted by Gasteiger charge is 2.08. The highest BCUT2D eigenvalue weighted by Crippen LogP contribution is 2.13. The second-order valence-electron chi connectivity index (χ2n) is 6.86. The second kappa shape index (κ2) is 10.4.